The second kappa shape index (κ2) is 7.55. The molecule has 0 bridgehead atoms. The lowest BCUT2D eigenvalue weighted by atomic mass is 9.95. The van der Waals surface area contributed by atoms with Gasteiger partial charge in [0.15, 0.2) is 0 Å². The van der Waals surface area contributed by atoms with Crippen molar-refractivity contribution in [2.75, 3.05) is 17.1 Å². The van der Waals surface area contributed by atoms with Gasteiger partial charge in [0.2, 0.25) is 5.91 Å². The first kappa shape index (κ1) is 20.1. The van der Waals surface area contributed by atoms with Crippen molar-refractivity contribution in [2.45, 2.75) is 25.7 Å². The summed E-state index contributed by atoms with van der Waals surface area (Å²) in [6.45, 7) is 5.30. The molecular weight excluding hydrogens is 376 g/mol. The molecule has 0 fully saturated rings. The molecule has 0 heterocycles. The minimum Gasteiger partial charge on any atom is -0.495 e. The first-order valence-electron chi connectivity index (χ1n) is 7.81. The van der Waals surface area contributed by atoms with E-state index in [0.717, 1.165) is 0 Å². The van der Waals surface area contributed by atoms with Gasteiger partial charge in [0, 0.05) is 11.1 Å². The monoisotopic (exact) mass is 396 g/mol. The molecule has 0 unspecified atom stereocenters. The minimum atomic E-state index is -3.98. The molecule has 0 aliphatic heterocycles. The van der Waals surface area contributed by atoms with Gasteiger partial charge < -0.3 is 10.1 Å². The molecule has 0 radical (unpaired) electrons. The van der Waals surface area contributed by atoms with Gasteiger partial charge in [0.1, 0.15) is 10.6 Å². The van der Waals surface area contributed by atoms with Crippen LogP contribution in [0.4, 0.5) is 11.4 Å². The maximum absolute atomic E-state index is 12.8. The van der Waals surface area contributed by atoms with E-state index in [9.17, 15) is 13.2 Å². The highest BCUT2D eigenvalue weighted by Crippen LogP contribution is 2.31. The highest BCUT2D eigenvalue weighted by molar-refractivity contribution is 7.92. The number of rotatable bonds is 5. The van der Waals surface area contributed by atoms with E-state index in [1.807, 2.05) is 0 Å². The lowest BCUT2D eigenvalue weighted by molar-refractivity contribution is -0.123. The summed E-state index contributed by atoms with van der Waals surface area (Å²) in [5.41, 5.74) is -0.0139. The van der Waals surface area contributed by atoms with Gasteiger partial charge in [-0.3, -0.25) is 9.52 Å². The average molecular weight is 397 g/mol. The van der Waals surface area contributed by atoms with Crippen LogP contribution in [0.15, 0.2) is 47.4 Å². The molecule has 2 N–H and O–H groups in total. The molecule has 0 spiro atoms. The van der Waals surface area contributed by atoms with Gasteiger partial charge in [-0.25, -0.2) is 8.42 Å². The van der Waals surface area contributed by atoms with Gasteiger partial charge in [0.05, 0.1) is 17.8 Å². The highest BCUT2D eigenvalue weighted by Gasteiger charge is 2.24. The Hall–Kier alpha value is -2.25. The predicted molar refractivity (Wildman–Crippen MR) is 103 cm³/mol. The lowest BCUT2D eigenvalue weighted by Crippen LogP contribution is -2.27. The van der Waals surface area contributed by atoms with Crippen molar-refractivity contribution in [1.29, 1.82) is 0 Å². The fraction of sp³-hybridized carbons (Fsp3) is 0.278. The molecule has 1 amide bonds. The number of ether oxygens (including phenoxy) is 1. The van der Waals surface area contributed by atoms with E-state index in [4.69, 9.17) is 16.3 Å². The Kier molecular flexibility index (Phi) is 5.83. The van der Waals surface area contributed by atoms with Crippen molar-refractivity contribution in [1.82, 2.24) is 0 Å². The summed E-state index contributed by atoms with van der Waals surface area (Å²) in [6.07, 6.45) is 0. The Balaban J connectivity index is 2.41. The van der Waals surface area contributed by atoms with Crippen LogP contribution in [0.5, 0.6) is 5.75 Å². The van der Waals surface area contributed by atoms with Gasteiger partial charge in [-0.15, -0.1) is 0 Å². The number of anilines is 2. The molecule has 0 aliphatic carbocycles. The van der Waals surface area contributed by atoms with Crippen LogP contribution in [0.2, 0.25) is 5.02 Å². The summed E-state index contributed by atoms with van der Waals surface area (Å²) in [4.78, 5) is 12.1. The smallest absolute Gasteiger partial charge is 0.265 e. The Morgan fingerprint density at radius 1 is 1.12 bits per heavy atom. The van der Waals surface area contributed by atoms with Gasteiger partial charge in [-0.05, 0) is 30.3 Å². The summed E-state index contributed by atoms with van der Waals surface area (Å²) >= 11 is 6.03. The second-order valence-electron chi connectivity index (χ2n) is 6.66. The summed E-state index contributed by atoms with van der Waals surface area (Å²) in [6, 6.07) is 10.9. The fourth-order valence-electron chi connectivity index (χ4n) is 2.03. The standard InChI is InChI=1S/C18H21ClN2O4S/c1-18(2,3)17(22)20-12-9-10-15(25-4)16(11-12)26(23,24)21-14-8-6-5-7-13(14)19/h5-11,21H,1-4H3,(H,20,22). The van der Waals surface area contributed by atoms with Crippen LogP contribution in [-0.2, 0) is 14.8 Å². The summed E-state index contributed by atoms with van der Waals surface area (Å²) < 4.78 is 33.2. The predicted octanol–water partition coefficient (Wildman–Crippen LogP) is 4.13. The first-order chi connectivity index (χ1) is 12.0. The largest absolute Gasteiger partial charge is 0.495 e. The summed E-state index contributed by atoms with van der Waals surface area (Å²) in [5.74, 6) is -0.0802. The second-order valence-corrected chi connectivity index (χ2v) is 8.71. The van der Waals surface area contributed by atoms with Crippen LogP contribution >= 0.6 is 11.6 Å². The Morgan fingerprint density at radius 2 is 1.77 bits per heavy atom. The third kappa shape index (κ3) is 4.68. The van der Waals surface area contributed by atoms with E-state index < -0.39 is 15.4 Å². The van der Waals surface area contributed by atoms with Crippen molar-refractivity contribution >= 4 is 38.9 Å². The van der Waals surface area contributed by atoms with Gasteiger partial charge in [-0.2, -0.15) is 0 Å². The molecule has 0 aliphatic rings. The van der Waals surface area contributed by atoms with E-state index in [1.54, 1.807) is 51.1 Å². The number of halogens is 1. The van der Waals surface area contributed by atoms with Crippen LogP contribution in [-0.4, -0.2) is 21.4 Å². The normalized spacial score (nSPS) is 11.7. The SMILES string of the molecule is COc1ccc(NC(=O)C(C)(C)C)cc1S(=O)(=O)Nc1ccccc1Cl. The number of carbonyl (C=O) groups excluding carboxylic acids is 1. The van der Waals surface area contributed by atoms with Crippen molar-refractivity contribution in [3.63, 3.8) is 0 Å². The zero-order chi connectivity index (χ0) is 19.5. The lowest BCUT2D eigenvalue weighted by Gasteiger charge is -2.19. The number of hydrogen-bond donors (Lipinski definition) is 2. The maximum atomic E-state index is 12.8. The van der Waals surface area contributed by atoms with E-state index in [-0.39, 0.29) is 27.3 Å². The maximum Gasteiger partial charge on any atom is 0.265 e. The molecule has 2 aromatic carbocycles. The van der Waals surface area contributed by atoms with E-state index >= 15 is 0 Å². The summed E-state index contributed by atoms with van der Waals surface area (Å²) in [7, 11) is -2.61. The van der Waals surface area contributed by atoms with Crippen molar-refractivity contribution in [3.05, 3.63) is 47.5 Å². The number of benzene rings is 2. The third-order valence-electron chi connectivity index (χ3n) is 3.51. The molecule has 0 saturated heterocycles. The van der Waals surface area contributed by atoms with Crippen LogP contribution < -0.4 is 14.8 Å². The van der Waals surface area contributed by atoms with E-state index in [1.165, 1.54) is 19.2 Å². The number of carbonyl (C=O) groups is 1. The molecule has 140 valence electrons. The zero-order valence-corrected chi connectivity index (χ0v) is 16.5. The van der Waals surface area contributed by atoms with E-state index in [0.29, 0.717) is 5.69 Å². The molecular formula is C18H21ClN2O4S. The number of methoxy groups -OCH3 is 1. The Bertz CT molecular complexity index is 921. The highest BCUT2D eigenvalue weighted by atomic mass is 35.5. The third-order valence-corrected chi connectivity index (χ3v) is 5.23. The van der Waals surface area contributed by atoms with Gasteiger partial charge in [-0.1, -0.05) is 44.5 Å². The zero-order valence-electron chi connectivity index (χ0n) is 15.0. The van der Waals surface area contributed by atoms with Crippen molar-refractivity contribution in [2.24, 2.45) is 5.41 Å². The van der Waals surface area contributed by atoms with Crippen molar-refractivity contribution in [3.8, 4) is 5.75 Å². The average Bonchev–Trinajstić information content (AvgIpc) is 2.56. The molecule has 6 nitrogen and oxygen atoms in total. The molecule has 8 heteroatoms. The molecule has 0 saturated carbocycles. The number of para-hydroxylation sites is 1. The molecule has 0 atom stereocenters. The van der Waals surface area contributed by atoms with Crippen LogP contribution in [0.3, 0.4) is 0 Å². The number of nitrogens with one attached hydrogen (secondary N) is 2. The molecule has 2 rings (SSSR count). The number of amides is 1. The topological polar surface area (TPSA) is 84.5 Å². The van der Waals surface area contributed by atoms with Crippen LogP contribution in [0, 0.1) is 5.41 Å². The Labute approximate surface area is 158 Å². The van der Waals surface area contributed by atoms with Gasteiger partial charge >= 0.3 is 0 Å². The molecule has 26 heavy (non-hydrogen) atoms. The molecule has 2 aromatic rings. The van der Waals surface area contributed by atoms with Crippen LogP contribution in [0.25, 0.3) is 0 Å². The van der Waals surface area contributed by atoms with Crippen molar-refractivity contribution < 1.29 is 17.9 Å². The van der Waals surface area contributed by atoms with Crippen LogP contribution in [0.1, 0.15) is 20.8 Å². The summed E-state index contributed by atoms with van der Waals surface area (Å²) in [5, 5.41) is 2.98. The Morgan fingerprint density at radius 3 is 2.35 bits per heavy atom. The minimum absolute atomic E-state index is 0.105. The van der Waals surface area contributed by atoms with Gasteiger partial charge in [0.25, 0.3) is 10.0 Å². The fourth-order valence-corrected chi connectivity index (χ4v) is 3.54. The quantitative estimate of drug-likeness (QED) is 0.795. The van der Waals surface area contributed by atoms with E-state index in [2.05, 4.69) is 10.0 Å². The molecule has 0 aromatic heterocycles. The number of hydrogen-bond acceptors (Lipinski definition) is 4. The number of sulfonamides is 1. The first-order valence-corrected chi connectivity index (χ1v) is 9.67.